The van der Waals surface area contributed by atoms with Crippen LogP contribution in [0.15, 0.2) is 30.5 Å². The fourth-order valence-corrected chi connectivity index (χ4v) is 3.27. The number of aromatic nitrogens is 2. The molecule has 1 aliphatic rings. The minimum Gasteiger partial charge on any atom is -0.483 e. The molecule has 0 amide bonds. The van der Waals surface area contributed by atoms with E-state index in [9.17, 15) is 5.26 Å². The number of nitrogens with two attached hydrogens (primary N) is 1. The number of aryl methyl sites for hydroxylation is 1. The van der Waals surface area contributed by atoms with Gasteiger partial charge in [0.25, 0.3) is 6.47 Å². The van der Waals surface area contributed by atoms with Crippen LogP contribution in [0.5, 0.6) is 0 Å². The number of rotatable bonds is 1. The van der Waals surface area contributed by atoms with Gasteiger partial charge in [-0.25, -0.2) is 4.98 Å². The molecule has 0 bridgehead atoms. The number of nitrogen functional groups attached to an aromatic ring is 1. The molecule has 0 aliphatic carbocycles. The van der Waals surface area contributed by atoms with Crippen LogP contribution in [-0.4, -0.2) is 27.7 Å². The van der Waals surface area contributed by atoms with Crippen LogP contribution in [0.3, 0.4) is 0 Å². The van der Waals surface area contributed by atoms with E-state index in [2.05, 4.69) is 33.8 Å². The lowest BCUT2D eigenvalue weighted by molar-refractivity contribution is -0.122. The molecule has 0 saturated carbocycles. The Kier molecular flexibility index (Phi) is 4.87. The molecule has 26 heavy (non-hydrogen) atoms. The summed E-state index contributed by atoms with van der Waals surface area (Å²) in [4.78, 5) is 12.8. The number of nitrogens with zero attached hydrogens (tertiary/aromatic N) is 3. The van der Waals surface area contributed by atoms with E-state index >= 15 is 0 Å². The topological polar surface area (TPSA) is 114 Å². The van der Waals surface area contributed by atoms with Gasteiger partial charge in [0, 0.05) is 41.7 Å². The van der Waals surface area contributed by atoms with Gasteiger partial charge in [-0.05, 0) is 23.8 Å². The van der Waals surface area contributed by atoms with Crippen molar-refractivity contribution in [1.29, 1.82) is 5.26 Å². The highest BCUT2D eigenvalue weighted by Gasteiger charge is 2.22. The smallest absolute Gasteiger partial charge is 0.290 e. The molecule has 1 aromatic carbocycles. The molecule has 0 fully saturated rings. The number of fused-ring (bicyclic) bond motifs is 2. The Bertz CT molecular complexity index is 1020. The molecular weight excluding hydrogens is 332 g/mol. The number of carboxylic acid groups (broad SMARTS) is 1. The van der Waals surface area contributed by atoms with Crippen LogP contribution in [-0.2, 0) is 29.6 Å². The number of hydrogen-bond donors (Lipinski definition) is 2. The van der Waals surface area contributed by atoms with Crippen LogP contribution >= 0.6 is 0 Å². The third-order valence-electron chi connectivity index (χ3n) is 4.43. The summed E-state index contributed by atoms with van der Waals surface area (Å²) in [5, 5.41) is 17.6. The van der Waals surface area contributed by atoms with E-state index in [1.54, 1.807) is 0 Å². The third kappa shape index (κ3) is 2.98. The van der Waals surface area contributed by atoms with E-state index in [0.717, 1.165) is 39.7 Å². The summed E-state index contributed by atoms with van der Waals surface area (Å²) in [6, 6.07) is 10.5. The van der Waals surface area contributed by atoms with Gasteiger partial charge in [0.15, 0.2) is 0 Å². The maximum absolute atomic E-state index is 9.56. The average Bonchev–Trinajstić information content (AvgIpc) is 3.01. The van der Waals surface area contributed by atoms with Gasteiger partial charge in [0.05, 0.1) is 18.9 Å². The largest absolute Gasteiger partial charge is 0.483 e. The van der Waals surface area contributed by atoms with Gasteiger partial charge in [0.1, 0.15) is 17.5 Å². The monoisotopic (exact) mass is 350 g/mol. The molecule has 0 atom stereocenters. The van der Waals surface area contributed by atoms with Crippen LogP contribution in [0.2, 0.25) is 0 Å². The number of hydrogen-bond acceptors (Lipinski definition) is 5. The molecule has 3 heterocycles. The zero-order chi connectivity index (χ0) is 18.7. The maximum Gasteiger partial charge on any atom is 0.290 e. The molecule has 7 nitrogen and oxygen atoms in total. The quantitative estimate of drug-likeness (QED) is 0.652. The van der Waals surface area contributed by atoms with Crippen LogP contribution < -0.4 is 5.73 Å². The Morgan fingerprint density at radius 3 is 2.92 bits per heavy atom. The summed E-state index contributed by atoms with van der Waals surface area (Å²) < 4.78 is 7.67. The van der Waals surface area contributed by atoms with Crippen LogP contribution in [0.4, 0.5) is 5.82 Å². The number of ether oxygens (including phenoxy) is 1. The van der Waals surface area contributed by atoms with Crippen molar-refractivity contribution in [2.24, 2.45) is 7.05 Å². The second-order valence-corrected chi connectivity index (χ2v) is 5.89. The van der Waals surface area contributed by atoms with Crippen molar-refractivity contribution in [3.05, 3.63) is 47.3 Å². The summed E-state index contributed by atoms with van der Waals surface area (Å²) in [6.07, 6.45) is 2.75. The van der Waals surface area contributed by atoms with Crippen molar-refractivity contribution < 1.29 is 14.6 Å². The van der Waals surface area contributed by atoms with Crippen molar-refractivity contribution in [3.8, 4) is 17.2 Å². The van der Waals surface area contributed by atoms with Gasteiger partial charge in [-0.1, -0.05) is 6.07 Å². The number of benzene rings is 1. The van der Waals surface area contributed by atoms with E-state index in [-0.39, 0.29) is 6.47 Å². The minimum absolute atomic E-state index is 0.250. The molecule has 7 heteroatoms. The van der Waals surface area contributed by atoms with Crippen molar-refractivity contribution >= 4 is 23.2 Å². The zero-order valence-corrected chi connectivity index (χ0v) is 14.3. The van der Waals surface area contributed by atoms with Crippen LogP contribution in [0.25, 0.3) is 22.0 Å². The van der Waals surface area contributed by atoms with Gasteiger partial charge < -0.3 is 20.1 Å². The molecule has 0 spiro atoms. The molecule has 0 saturated heterocycles. The second-order valence-electron chi connectivity index (χ2n) is 5.89. The van der Waals surface area contributed by atoms with Crippen LogP contribution in [0.1, 0.15) is 16.8 Å². The first-order chi connectivity index (χ1) is 12.6. The Morgan fingerprint density at radius 1 is 1.42 bits per heavy atom. The van der Waals surface area contributed by atoms with Gasteiger partial charge >= 0.3 is 0 Å². The third-order valence-corrected chi connectivity index (χ3v) is 4.43. The zero-order valence-electron chi connectivity index (χ0n) is 14.3. The van der Waals surface area contributed by atoms with Crippen molar-refractivity contribution in [3.63, 3.8) is 0 Å². The van der Waals surface area contributed by atoms with E-state index in [4.69, 9.17) is 20.4 Å². The fraction of sp³-hybridized carbons (Fsp3) is 0.211. The first-order valence-electron chi connectivity index (χ1n) is 8.03. The van der Waals surface area contributed by atoms with Crippen molar-refractivity contribution in [2.75, 3.05) is 12.3 Å². The number of anilines is 1. The van der Waals surface area contributed by atoms with Crippen LogP contribution in [0, 0.1) is 11.3 Å². The summed E-state index contributed by atoms with van der Waals surface area (Å²) in [5.41, 5.74) is 11.4. The average molecular weight is 350 g/mol. The summed E-state index contributed by atoms with van der Waals surface area (Å²) in [5.74, 6) is 0.302. The Morgan fingerprint density at radius 2 is 2.19 bits per heavy atom. The van der Waals surface area contributed by atoms with Gasteiger partial charge in [-0.3, -0.25) is 4.79 Å². The number of carbonyl (C=O) groups is 1. The Hall–Kier alpha value is -3.37. The molecule has 1 aliphatic heterocycles. The summed E-state index contributed by atoms with van der Waals surface area (Å²) in [7, 11) is 2.02. The first-order valence-corrected chi connectivity index (χ1v) is 8.03. The van der Waals surface area contributed by atoms with E-state index in [1.165, 1.54) is 0 Å². The number of nitriles is 1. The molecular formula is C19H18N4O3. The molecule has 3 N–H and O–H groups in total. The fourth-order valence-electron chi connectivity index (χ4n) is 3.27. The van der Waals surface area contributed by atoms with E-state index < -0.39 is 0 Å². The molecule has 0 radical (unpaired) electrons. The molecule has 3 aromatic rings. The molecule has 0 unspecified atom stereocenters. The summed E-state index contributed by atoms with van der Waals surface area (Å²) in [6.45, 7) is 0.863. The lowest BCUT2D eigenvalue weighted by Gasteiger charge is -2.21. The first kappa shape index (κ1) is 17.5. The SMILES string of the molecule is Cn1ccc2cc(-c3c(C#N)c(N)nc4c3COCC4)ccc21.O=CO. The molecule has 132 valence electrons. The maximum atomic E-state index is 9.56. The highest BCUT2D eigenvalue weighted by Crippen LogP contribution is 2.35. The van der Waals surface area contributed by atoms with Gasteiger partial charge in [0.2, 0.25) is 0 Å². The van der Waals surface area contributed by atoms with E-state index in [1.807, 2.05) is 19.3 Å². The predicted octanol–water partition coefficient (Wildman–Crippen LogP) is 2.47. The Balaban J connectivity index is 0.000000613. The van der Waals surface area contributed by atoms with E-state index in [0.29, 0.717) is 24.6 Å². The Labute approximate surface area is 150 Å². The minimum atomic E-state index is -0.250. The second kappa shape index (κ2) is 7.25. The van der Waals surface area contributed by atoms with Crippen molar-refractivity contribution in [1.82, 2.24) is 9.55 Å². The highest BCUT2D eigenvalue weighted by molar-refractivity contribution is 5.88. The van der Waals surface area contributed by atoms with Gasteiger partial charge in [-0.15, -0.1) is 0 Å². The number of pyridine rings is 1. The van der Waals surface area contributed by atoms with Crippen molar-refractivity contribution in [2.45, 2.75) is 13.0 Å². The summed E-state index contributed by atoms with van der Waals surface area (Å²) >= 11 is 0. The molecule has 2 aromatic heterocycles. The lowest BCUT2D eigenvalue weighted by Crippen LogP contribution is -2.16. The highest BCUT2D eigenvalue weighted by atomic mass is 16.5. The standard InChI is InChI=1S/C18H16N4O.CH2O2/c1-22-6-4-11-8-12(2-3-16(11)22)17-13(9-19)18(20)21-15-5-7-23-10-14(15)17;2-1-3/h2-4,6,8H,5,7,10H2,1H3,(H2,20,21);1H,(H,2,3). The predicted molar refractivity (Wildman–Crippen MR) is 97.3 cm³/mol. The lowest BCUT2D eigenvalue weighted by atomic mass is 9.92. The van der Waals surface area contributed by atoms with Gasteiger partial charge in [-0.2, -0.15) is 5.26 Å². The normalized spacial score (nSPS) is 12.6. The molecule has 4 rings (SSSR count).